The largest absolute Gasteiger partial charge is 0.465 e. The maximum atomic E-state index is 11.8. The first kappa shape index (κ1) is 14.3. The van der Waals surface area contributed by atoms with Crippen LogP contribution in [0.3, 0.4) is 0 Å². The molecule has 2 unspecified atom stereocenters. The number of nitrogens with one attached hydrogen (secondary N) is 1. The number of carbonyl (C=O) groups is 1. The molecular weight excluding hydrogens is 258 g/mol. The Bertz CT molecular complexity index is 461. The Morgan fingerprint density at radius 1 is 1.47 bits per heavy atom. The lowest BCUT2D eigenvalue weighted by Gasteiger charge is -2.30. The van der Waals surface area contributed by atoms with Crippen molar-refractivity contribution in [2.45, 2.75) is 38.0 Å². The van der Waals surface area contributed by atoms with E-state index in [2.05, 4.69) is 12.2 Å². The second kappa shape index (κ2) is 6.33. The molecule has 104 valence electrons. The number of rotatable bonds is 3. The first-order chi connectivity index (χ1) is 9.11. The summed E-state index contributed by atoms with van der Waals surface area (Å²) in [5.74, 6) is 0.958. The van der Waals surface area contributed by atoms with Gasteiger partial charge < -0.3 is 10.1 Å². The van der Waals surface area contributed by atoms with Crippen LogP contribution in [0.25, 0.3) is 0 Å². The molecule has 0 amide bonds. The summed E-state index contributed by atoms with van der Waals surface area (Å²) in [6.07, 6.45) is 2.38. The van der Waals surface area contributed by atoms with Crippen molar-refractivity contribution >= 4 is 23.4 Å². The molecule has 4 heteroatoms. The number of ether oxygens (including phenoxy) is 1. The van der Waals surface area contributed by atoms with Crippen molar-refractivity contribution < 1.29 is 9.53 Å². The van der Waals surface area contributed by atoms with Gasteiger partial charge in [0.25, 0.3) is 0 Å². The van der Waals surface area contributed by atoms with E-state index in [1.54, 1.807) is 0 Å². The molecule has 0 bridgehead atoms. The maximum Gasteiger partial charge on any atom is 0.339 e. The first-order valence-corrected chi connectivity index (χ1v) is 7.74. The zero-order valence-electron chi connectivity index (χ0n) is 11.7. The molecular formula is C15H21NO2S. The third kappa shape index (κ3) is 3.44. The molecule has 3 nitrogen and oxygen atoms in total. The second-order valence-corrected chi connectivity index (χ2v) is 6.49. The van der Waals surface area contributed by atoms with Crippen LogP contribution in [-0.4, -0.2) is 30.1 Å². The highest BCUT2D eigenvalue weighted by Crippen LogP contribution is 2.29. The average Bonchev–Trinajstić information content (AvgIpc) is 2.42. The van der Waals surface area contributed by atoms with Crippen LogP contribution in [0, 0.1) is 6.92 Å². The molecule has 1 aliphatic rings. The highest BCUT2D eigenvalue weighted by Gasteiger charge is 2.23. The standard InChI is InChI=1S/C15H21NO2S/c1-10-6-7-14(12(9-10)15(17)18-3)16-13-5-4-8-19-11(13)2/h6-7,9,11,13,16H,4-5,8H2,1-3H3. The van der Waals surface area contributed by atoms with E-state index in [0.717, 1.165) is 17.7 Å². The fourth-order valence-corrected chi connectivity index (χ4v) is 3.52. The summed E-state index contributed by atoms with van der Waals surface area (Å²) in [6.45, 7) is 4.23. The fourth-order valence-electron chi connectivity index (χ4n) is 2.38. The molecule has 1 heterocycles. The normalized spacial score (nSPS) is 22.9. The number of thioether (sulfide) groups is 1. The van der Waals surface area contributed by atoms with Gasteiger partial charge in [-0.05, 0) is 37.7 Å². The lowest BCUT2D eigenvalue weighted by molar-refractivity contribution is 0.0601. The summed E-state index contributed by atoms with van der Waals surface area (Å²) in [7, 11) is 1.42. The van der Waals surface area contributed by atoms with E-state index < -0.39 is 0 Å². The monoisotopic (exact) mass is 279 g/mol. The molecule has 1 saturated heterocycles. The van der Waals surface area contributed by atoms with Crippen LogP contribution in [0.4, 0.5) is 5.69 Å². The zero-order valence-corrected chi connectivity index (χ0v) is 12.5. The van der Waals surface area contributed by atoms with Gasteiger partial charge in [0.1, 0.15) is 0 Å². The molecule has 1 fully saturated rings. The van der Waals surface area contributed by atoms with Gasteiger partial charge in [-0.25, -0.2) is 4.79 Å². The van der Waals surface area contributed by atoms with E-state index in [9.17, 15) is 4.79 Å². The van der Waals surface area contributed by atoms with Gasteiger partial charge in [-0.1, -0.05) is 18.6 Å². The third-order valence-electron chi connectivity index (χ3n) is 3.53. The van der Waals surface area contributed by atoms with Crippen LogP contribution in [0.2, 0.25) is 0 Å². The third-order valence-corrected chi connectivity index (χ3v) is 4.91. The topological polar surface area (TPSA) is 38.3 Å². The highest BCUT2D eigenvalue weighted by molar-refractivity contribution is 8.00. The minimum absolute atomic E-state index is 0.276. The Kier molecular flexibility index (Phi) is 4.75. The maximum absolute atomic E-state index is 11.8. The van der Waals surface area contributed by atoms with Crippen molar-refractivity contribution in [2.75, 3.05) is 18.2 Å². The van der Waals surface area contributed by atoms with Gasteiger partial charge in [0, 0.05) is 17.0 Å². The van der Waals surface area contributed by atoms with E-state index in [1.807, 2.05) is 36.9 Å². The number of hydrogen-bond acceptors (Lipinski definition) is 4. The van der Waals surface area contributed by atoms with E-state index in [1.165, 1.54) is 19.3 Å². The van der Waals surface area contributed by atoms with Crippen molar-refractivity contribution in [3.63, 3.8) is 0 Å². The number of methoxy groups -OCH3 is 1. The van der Waals surface area contributed by atoms with Gasteiger partial charge in [0.05, 0.1) is 12.7 Å². The predicted molar refractivity (Wildman–Crippen MR) is 81.1 cm³/mol. The van der Waals surface area contributed by atoms with E-state index >= 15 is 0 Å². The number of carbonyl (C=O) groups excluding carboxylic acids is 1. The summed E-state index contributed by atoms with van der Waals surface area (Å²) in [4.78, 5) is 11.8. The van der Waals surface area contributed by atoms with E-state index in [-0.39, 0.29) is 5.97 Å². The minimum atomic E-state index is -0.276. The second-order valence-electron chi connectivity index (χ2n) is 5.01. The molecule has 1 aliphatic heterocycles. The Balaban J connectivity index is 2.21. The summed E-state index contributed by atoms with van der Waals surface area (Å²) >= 11 is 1.99. The van der Waals surface area contributed by atoms with Gasteiger partial charge in [-0.3, -0.25) is 0 Å². The van der Waals surface area contributed by atoms with E-state index in [0.29, 0.717) is 16.9 Å². The van der Waals surface area contributed by atoms with Crippen LogP contribution in [0.1, 0.15) is 35.7 Å². The molecule has 0 spiro atoms. The van der Waals surface area contributed by atoms with Gasteiger partial charge >= 0.3 is 5.97 Å². The Morgan fingerprint density at radius 2 is 2.26 bits per heavy atom. The summed E-state index contributed by atoms with van der Waals surface area (Å²) < 4.78 is 4.86. The van der Waals surface area contributed by atoms with Gasteiger partial charge in [-0.15, -0.1) is 0 Å². The van der Waals surface area contributed by atoms with Crippen molar-refractivity contribution in [3.05, 3.63) is 29.3 Å². The van der Waals surface area contributed by atoms with Crippen molar-refractivity contribution in [2.24, 2.45) is 0 Å². The van der Waals surface area contributed by atoms with Crippen LogP contribution >= 0.6 is 11.8 Å². The lowest BCUT2D eigenvalue weighted by Crippen LogP contribution is -2.33. The molecule has 1 aromatic rings. The Hall–Kier alpha value is -1.16. The molecule has 1 N–H and O–H groups in total. The molecule has 0 saturated carbocycles. The predicted octanol–water partition coefficient (Wildman–Crippen LogP) is 3.48. The Labute approximate surface area is 119 Å². The molecule has 0 aliphatic carbocycles. The molecule has 0 radical (unpaired) electrons. The van der Waals surface area contributed by atoms with Crippen LogP contribution in [-0.2, 0) is 4.74 Å². The van der Waals surface area contributed by atoms with Crippen LogP contribution in [0.15, 0.2) is 18.2 Å². The van der Waals surface area contributed by atoms with Crippen molar-refractivity contribution in [1.29, 1.82) is 0 Å². The number of esters is 1. The minimum Gasteiger partial charge on any atom is -0.465 e. The van der Waals surface area contributed by atoms with Crippen molar-refractivity contribution in [1.82, 2.24) is 0 Å². The highest BCUT2D eigenvalue weighted by atomic mass is 32.2. The summed E-state index contributed by atoms with van der Waals surface area (Å²) in [5, 5.41) is 4.09. The molecule has 19 heavy (non-hydrogen) atoms. The number of benzene rings is 1. The zero-order chi connectivity index (χ0) is 13.8. The summed E-state index contributed by atoms with van der Waals surface area (Å²) in [6, 6.07) is 6.31. The summed E-state index contributed by atoms with van der Waals surface area (Å²) in [5.41, 5.74) is 2.58. The van der Waals surface area contributed by atoms with Crippen LogP contribution < -0.4 is 5.32 Å². The number of hydrogen-bond donors (Lipinski definition) is 1. The number of aryl methyl sites for hydroxylation is 1. The average molecular weight is 279 g/mol. The fraction of sp³-hybridized carbons (Fsp3) is 0.533. The smallest absolute Gasteiger partial charge is 0.339 e. The van der Waals surface area contributed by atoms with Crippen LogP contribution in [0.5, 0.6) is 0 Å². The van der Waals surface area contributed by atoms with Gasteiger partial charge in [0.2, 0.25) is 0 Å². The quantitative estimate of drug-likeness (QED) is 0.860. The van der Waals surface area contributed by atoms with E-state index in [4.69, 9.17) is 4.74 Å². The first-order valence-electron chi connectivity index (χ1n) is 6.69. The SMILES string of the molecule is COC(=O)c1cc(C)ccc1NC1CCCSC1C. The van der Waals surface area contributed by atoms with Gasteiger partial charge in [0.15, 0.2) is 0 Å². The Morgan fingerprint density at radius 3 is 2.95 bits per heavy atom. The van der Waals surface area contributed by atoms with Crippen molar-refractivity contribution in [3.8, 4) is 0 Å². The molecule has 0 aromatic heterocycles. The number of anilines is 1. The molecule has 2 atom stereocenters. The van der Waals surface area contributed by atoms with Gasteiger partial charge in [-0.2, -0.15) is 11.8 Å². The molecule has 2 rings (SSSR count). The lowest BCUT2D eigenvalue weighted by atomic mass is 10.0. The molecule has 1 aromatic carbocycles.